The van der Waals surface area contributed by atoms with E-state index in [9.17, 15) is 4.79 Å². The molecule has 12 heavy (non-hydrogen) atoms. The van der Waals surface area contributed by atoms with Crippen LogP contribution in [-0.2, 0) is 9.53 Å². The third-order valence-corrected chi connectivity index (χ3v) is 0.972. The van der Waals surface area contributed by atoms with E-state index in [0.717, 1.165) is 12.2 Å². The number of hydrogen-bond donors (Lipinski definition) is 3. The van der Waals surface area contributed by atoms with Gasteiger partial charge < -0.3 is 20.1 Å². The smallest absolute Gasteiger partial charge is 0.332 e. The second kappa shape index (κ2) is 5.20. The minimum atomic E-state index is -1.19. The monoisotopic (exact) mass is 174 g/mol. The Morgan fingerprint density at radius 2 is 2.00 bits per heavy atom. The highest BCUT2D eigenvalue weighted by Gasteiger charge is 1.98. The lowest BCUT2D eigenvalue weighted by atomic mass is 10.3. The van der Waals surface area contributed by atoms with Crippen molar-refractivity contribution in [3.05, 3.63) is 23.7 Å². The van der Waals surface area contributed by atoms with Gasteiger partial charge in [0.1, 0.15) is 18.1 Å². The maximum absolute atomic E-state index is 10.1. The molecule has 0 aliphatic carbocycles. The summed E-state index contributed by atoms with van der Waals surface area (Å²) >= 11 is 0. The van der Waals surface area contributed by atoms with Gasteiger partial charge in [0, 0.05) is 6.08 Å². The highest BCUT2D eigenvalue weighted by atomic mass is 16.5. The topological polar surface area (TPSA) is 87.0 Å². The minimum Gasteiger partial charge on any atom is -0.510 e. The van der Waals surface area contributed by atoms with Gasteiger partial charge in [0.2, 0.25) is 0 Å². The molecule has 0 saturated heterocycles. The predicted octanol–water partition coefficient (Wildman–Crippen LogP) is 0.0355. The molecule has 0 rings (SSSR count). The van der Waals surface area contributed by atoms with Crippen LogP contribution in [0.4, 0.5) is 0 Å². The van der Waals surface area contributed by atoms with Crippen molar-refractivity contribution in [1.82, 2.24) is 0 Å². The van der Waals surface area contributed by atoms with Gasteiger partial charge in [-0.1, -0.05) is 0 Å². The molecule has 68 valence electrons. The lowest BCUT2D eigenvalue weighted by molar-refractivity contribution is -0.131. The zero-order valence-electron chi connectivity index (χ0n) is 6.52. The van der Waals surface area contributed by atoms with Crippen molar-refractivity contribution in [2.75, 3.05) is 13.7 Å². The fourth-order valence-electron chi connectivity index (χ4n) is 0.491. The molecule has 0 aromatic carbocycles. The molecule has 0 aromatic heterocycles. The van der Waals surface area contributed by atoms with Crippen molar-refractivity contribution in [2.24, 2.45) is 0 Å². The normalized spacial score (nSPS) is 12.8. The van der Waals surface area contributed by atoms with Crippen LogP contribution in [0.3, 0.4) is 0 Å². The van der Waals surface area contributed by atoms with E-state index < -0.39 is 12.6 Å². The van der Waals surface area contributed by atoms with Crippen molar-refractivity contribution < 1.29 is 24.9 Å². The van der Waals surface area contributed by atoms with E-state index in [1.165, 1.54) is 7.11 Å². The van der Waals surface area contributed by atoms with Gasteiger partial charge in [0.05, 0.1) is 13.2 Å². The Morgan fingerprint density at radius 1 is 1.42 bits per heavy atom. The summed E-state index contributed by atoms with van der Waals surface area (Å²) < 4.78 is 4.57. The molecular weight excluding hydrogens is 164 g/mol. The molecule has 0 heterocycles. The van der Waals surface area contributed by atoms with E-state index in [0.29, 0.717) is 0 Å². The van der Waals surface area contributed by atoms with Crippen molar-refractivity contribution >= 4 is 5.97 Å². The number of rotatable bonds is 4. The molecule has 0 bridgehead atoms. The lowest BCUT2D eigenvalue weighted by Crippen LogP contribution is -1.95. The van der Waals surface area contributed by atoms with Gasteiger partial charge in [0.15, 0.2) is 0 Å². The molecule has 0 atom stereocenters. The van der Waals surface area contributed by atoms with E-state index in [4.69, 9.17) is 15.3 Å². The lowest BCUT2D eigenvalue weighted by Gasteiger charge is -1.99. The van der Waals surface area contributed by atoms with Crippen LogP contribution in [-0.4, -0.2) is 35.0 Å². The first-order valence-electron chi connectivity index (χ1n) is 3.09. The van der Waals surface area contributed by atoms with Gasteiger partial charge in [-0.05, 0) is 0 Å². The Hall–Kier alpha value is -1.49. The summed E-state index contributed by atoms with van der Waals surface area (Å²) in [7, 11) is 1.26. The fraction of sp³-hybridized carbons (Fsp3) is 0.286. The first kappa shape index (κ1) is 10.5. The Balaban J connectivity index is 4.47. The highest BCUT2D eigenvalue weighted by Crippen LogP contribution is 2.00. The number of aliphatic hydroxyl groups excluding tert-OH is 2. The number of ether oxygens (including phenoxy) is 1. The van der Waals surface area contributed by atoms with Crippen LogP contribution in [0, 0.1) is 0 Å². The Bertz CT molecular complexity index is 216. The van der Waals surface area contributed by atoms with Gasteiger partial charge in [-0.15, -0.1) is 0 Å². The van der Waals surface area contributed by atoms with Crippen LogP contribution < -0.4 is 0 Å². The van der Waals surface area contributed by atoms with Crippen LogP contribution in [0.1, 0.15) is 0 Å². The number of hydrogen-bond acceptors (Lipinski definition) is 4. The first-order chi connectivity index (χ1) is 5.60. The Kier molecular flexibility index (Phi) is 4.55. The zero-order chi connectivity index (χ0) is 9.56. The molecule has 0 unspecified atom stereocenters. The van der Waals surface area contributed by atoms with E-state index in [1.54, 1.807) is 0 Å². The number of allylic oxidation sites excluding steroid dienone is 1. The Morgan fingerprint density at radius 3 is 2.33 bits per heavy atom. The zero-order valence-corrected chi connectivity index (χ0v) is 6.52. The molecule has 0 aromatic rings. The van der Waals surface area contributed by atoms with Gasteiger partial charge in [-0.25, -0.2) is 4.79 Å². The summed E-state index contributed by atoms with van der Waals surface area (Å²) in [5.74, 6) is -1.58. The van der Waals surface area contributed by atoms with Crippen LogP contribution in [0.5, 0.6) is 0 Å². The molecular formula is C7H10O5. The van der Waals surface area contributed by atoms with Crippen molar-refractivity contribution in [1.29, 1.82) is 0 Å². The summed E-state index contributed by atoms with van der Waals surface area (Å²) in [5, 5.41) is 25.4. The standard InChI is InChI=1S/C7H10O5/c1-12-6(3-7(10)11)2-5(9)4-8/h2-3,8-9H,4H2,1H3,(H,10,11). The second-order valence-corrected chi connectivity index (χ2v) is 1.88. The Labute approximate surface area is 69.2 Å². The summed E-state index contributed by atoms with van der Waals surface area (Å²) in [6.45, 7) is -0.555. The number of carboxylic acid groups (broad SMARTS) is 1. The van der Waals surface area contributed by atoms with E-state index >= 15 is 0 Å². The number of carboxylic acids is 1. The average Bonchev–Trinajstić information content (AvgIpc) is 2.02. The van der Waals surface area contributed by atoms with Gasteiger partial charge in [-0.2, -0.15) is 0 Å². The van der Waals surface area contributed by atoms with Crippen LogP contribution in [0.2, 0.25) is 0 Å². The first-order valence-corrected chi connectivity index (χ1v) is 3.09. The third-order valence-electron chi connectivity index (χ3n) is 0.972. The average molecular weight is 174 g/mol. The van der Waals surface area contributed by atoms with Crippen LogP contribution >= 0.6 is 0 Å². The highest BCUT2D eigenvalue weighted by molar-refractivity contribution is 5.80. The number of methoxy groups -OCH3 is 1. The second-order valence-electron chi connectivity index (χ2n) is 1.88. The SMILES string of the molecule is COC(C=C(O)CO)=CC(=O)O. The van der Waals surface area contributed by atoms with Crippen molar-refractivity contribution in [3.8, 4) is 0 Å². The number of carbonyl (C=O) groups is 1. The van der Waals surface area contributed by atoms with Crippen LogP contribution in [0.25, 0.3) is 0 Å². The molecule has 0 aliphatic heterocycles. The van der Waals surface area contributed by atoms with Gasteiger partial charge >= 0.3 is 5.97 Å². The maximum Gasteiger partial charge on any atom is 0.332 e. The van der Waals surface area contributed by atoms with Crippen molar-refractivity contribution in [2.45, 2.75) is 0 Å². The summed E-state index contributed by atoms with van der Waals surface area (Å²) in [6.07, 6.45) is 1.79. The number of aliphatic hydroxyl groups is 2. The number of aliphatic carboxylic acids is 1. The molecule has 0 radical (unpaired) electrons. The third kappa shape index (κ3) is 4.35. The summed E-state index contributed by atoms with van der Waals surface area (Å²) in [6, 6.07) is 0. The molecule has 5 nitrogen and oxygen atoms in total. The molecule has 5 heteroatoms. The van der Waals surface area contributed by atoms with E-state index in [1.807, 2.05) is 0 Å². The van der Waals surface area contributed by atoms with Gasteiger partial charge in [-0.3, -0.25) is 0 Å². The molecule has 0 spiro atoms. The summed E-state index contributed by atoms with van der Waals surface area (Å²) in [4.78, 5) is 10.1. The molecule has 0 saturated carbocycles. The summed E-state index contributed by atoms with van der Waals surface area (Å²) in [5.41, 5.74) is 0. The van der Waals surface area contributed by atoms with Crippen molar-refractivity contribution in [3.63, 3.8) is 0 Å². The minimum absolute atomic E-state index is 0.0333. The van der Waals surface area contributed by atoms with E-state index in [-0.39, 0.29) is 11.5 Å². The molecule has 0 aliphatic rings. The quantitative estimate of drug-likeness (QED) is 0.318. The van der Waals surface area contributed by atoms with Crippen LogP contribution in [0.15, 0.2) is 23.7 Å². The maximum atomic E-state index is 10.1. The van der Waals surface area contributed by atoms with E-state index in [2.05, 4.69) is 4.74 Å². The predicted molar refractivity (Wildman–Crippen MR) is 40.5 cm³/mol. The fourth-order valence-corrected chi connectivity index (χ4v) is 0.491. The van der Waals surface area contributed by atoms with Gasteiger partial charge in [0.25, 0.3) is 0 Å². The molecule has 3 N–H and O–H groups in total. The molecule has 0 amide bonds. The largest absolute Gasteiger partial charge is 0.510 e. The molecule has 0 fully saturated rings.